The third-order valence-electron chi connectivity index (χ3n) is 3.75. The molecule has 0 amide bonds. The Hall–Kier alpha value is -0.630. The summed E-state index contributed by atoms with van der Waals surface area (Å²) in [4.78, 5) is 10.8. The van der Waals surface area contributed by atoms with Crippen molar-refractivity contribution in [2.45, 2.75) is 22.8 Å². The number of aliphatic hydroxyl groups is 1. The van der Waals surface area contributed by atoms with Gasteiger partial charge in [0.15, 0.2) is 0 Å². The van der Waals surface area contributed by atoms with Gasteiger partial charge in [0, 0.05) is 19.2 Å². The molecule has 3 rings (SSSR count). The van der Waals surface area contributed by atoms with Crippen molar-refractivity contribution in [2.75, 3.05) is 23.8 Å². The molecule has 17 heavy (non-hydrogen) atoms. The van der Waals surface area contributed by atoms with Crippen LogP contribution in [0.1, 0.15) is 22.3 Å². The first-order valence-electron chi connectivity index (χ1n) is 5.82. The molecule has 1 unspecified atom stereocenters. The predicted octanol–water partition coefficient (Wildman–Crippen LogP) is 1.13. The van der Waals surface area contributed by atoms with Crippen LogP contribution >= 0.6 is 22.6 Å². The van der Waals surface area contributed by atoms with E-state index in [1.807, 2.05) is 0 Å². The minimum atomic E-state index is 0.302. The summed E-state index contributed by atoms with van der Waals surface area (Å²) in [5.41, 5.74) is 7.00. The lowest BCUT2D eigenvalue weighted by atomic mass is 9.80. The third kappa shape index (κ3) is 1.77. The number of hydrogen-bond donors (Lipinski definition) is 2. The lowest BCUT2D eigenvalue weighted by molar-refractivity contribution is 0.140. The molecule has 0 aromatic carbocycles. The topological polar surface area (TPSA) is 75.3 Å². The van der Waals surface area contributed by atoms with E-state index in [0.29, 0.717) is 28.3 Å². The van der Waals surface area contributed by atoms with Crippen molar-refractivity contribution in [3.63, 3.8) is 0 Å². The summed E-state index contributed by atoms with van der Waals surface area (Å²) in [6.07, 6.45) is 3.66. The van der Waals surface area contributed by atoms with E-state index in [0.717, 1.165) is 30.8 Å². The van der Waals surface area contributed by atoms with Crippen LogP contribution in [0, 0.1) is 5.92 Å². The number of halogens is 1. The number of aromatic nitrogens is 2. The van der Waals surface area contributed by atoms with Gasteiger partial charge in [-0.1, -0.05) is 22.6 Å². The molecule has 92 valence electrons. The van der Waals surface area contributed by atoms with Gasteiger partial charge in [-0.05, 0) is 18.8 Å². The van der Waals surface area contributed by atoms with E-state index in [-0.39, 0.29) is 0 Å². The first-order valence-corrected chi connectivity index (χ1v) is 7.07. The quantitative estimate of drug-likeness (QED) is 0.620. The van der Waals surface area contributed by atoms with Crippen molar-refractivity contribution >= 4 is 34.2 Å². The van der Waals surface area contributed by atoms with E-state index in [1.165, 1.54) is 6.33 Å². The Labute approximate surface area is 114 Å². The van der Waals surface area contributed by atoms with E-state index in [1.54, 1.807) is 0 Å². The maximum atomic E-state index is 9.07. The molecule has 1 aliphatic carbocycles. The minimum absolute atomic E-state index is 0.302. The number of nitrogen functional groups attached to an aromatic ring is 1. The molecule has 2 heterocycles. The van der Waals surface area contributed by atoms with Crippen molar-refractivity contribution in [1.29, 1.82) is 0 Å². The molecule has 0 saturated heterocycles. The van der Waals surface area contributed by atoms with E-state index >= 15 is 0 Å². The number of alkyl halides is 1. The Bertz CT molecular complexity index is 435. The highest BCUT2D eigenvalue weighted by atomic mass is 127. The Morgan fingerprint density at radius 3 is 2.94 bits per heavy atom. The monoisotopic (exact) mass is 346 g/mol. The maximum absolute atomic E-state index is 9.07. The van der Waals surface area contributed by atoms with Crippen LogP contribution in [0.5, 0.6) is 0 Å². The van der Waals surface area contributed by atoms with E-state index < -0.39 is 0 Å². The second-order valence-corrected chi connectivity index (χ2v) is 6.29. The average Bonchev–Trinajstić information content (AvgIpc) is 2.56. The summed E-state index contributed by atoms with van der Waals surface area (Å²) in [5, 5.41) is 9.07. The molecule has 0 spiro atoms. The second kappa shape index (κ2) is 4.24. The zero-order valence-corrected chi connectivity index (χ0v) is 11.5. The summed E-state index contributed by atoms with van der Waals surface area (Å²) in [5.74, 6) is 2.07. The summed E-state index contributed by atoms with van der Waals surface area (Å²) in [7, 11) is 0. The lowest BCUT2D eigenvalue weighted by Crippen LogP contribution is -2.45. The molecule has 0 radical (unpaired) electrons. The van der Waals surface area contributed by atoms with Gasteiger partial charge < -0.3 is 15.7 Å². The lowest BCUT2D eigenvalue weighted by Gasteiger charge is -2.41. The van der Waals surface area contributed by atoms with Crippen LogP contribution in [0.15, 0.2) is 6.33 Å². The smallest absolute Gasteiger partial charge is 0.138 e. The first-order chi connectivity index (χ1) is 8.20. The number of anilines is 2. The van der Waals surface area contributed by atoms with Crippen molar-refractivity contribution in [1.82, 2.24) is 9.97 Å². The van der Waals surface area contributed by atoms with Crippen LogP contribution in [0.2, 0.25) is 0 Å². The molecule has 1 saturated carbocycles. The van der Waals surface area contributed by atoms with Crippen molar-refractivity contribution in [3.05, 3.63) is 11.9 Å². The van der Waals surface area contributed by atoms with Crippen LogP contribution in [-0.4, -0.2) is 34.3 Å². The molecule has 5 nitrogen and oxygen atoms in total. The van der Waals surface area contributed by atoms with E-state index in [2.05, 4.69) is 37.5 Å². The van der Waals surface area contributed by atoms with Crippen molar-refractivity contribution in [3.8, 4) is 0 Å². The highest BCUT2D eigenvalue weighted by Crippen LogP contribution is 2.45. The highest BCUT2D eigenvalue weighted by molar-refractivity contribution is 14.1. The Kier molecular flexibility index (Phi) is 2.86. The van der Waals surface area contributed by atoms with Gasteiger partial charge in [-0.25, -0.2) is 9.97 Å². The number of nitrogens with zero attached hydrogens (tertiary/aromatic N) is 3. The minimum Gasteiger partial charge on any atom is -0.396 e. The first kappa shape index (κ1) is 11.5. The van der Waals surface area contributed by atoms with Gasteiger partial charge in [-0.3, -0.25) is 0 Å². The Morgan fingerprint density at radius 2 is 2.24 bits per heavy atom. The van der Waals surface area contributed by atoms with Crippen LogP contribution in [0.4, 0.5) is 11.6 Å². The number of aliphatic hydroxyl groups excluding tert-OH is 1. The fraction of sp³-hybridized carbons (Fsp3) is 0.636. The summed E-state index contributed by atoms with van der Waals surface area (Å²) in [6.45, 7) is 1.26. The number of fused-ring (bicyclic) bond motifs is 1. The van der Waals surface area contributed by atoms with E-state index in [9.17, 15) is 0 Å². The molecule has 1 fully saturated rings. The van der Waals surface area contributed by atoms with Gasteiger partial charge in [0.25, 0.3) is 0 Å². The molecular formula is C11H15IN4O. The SMILES string of the molecule is Nc1ncnc2c1C(I)CN2[C@H]1C[C@H](CO)C1. The fourth-order valence-electron chi connectivity index (χ4n) is 2.71. The van der Waals surface area contributed by atoms with Gasteiger partial charge in [-0.2, -0.15) is 0 Å². The largest absolute Gasteiger partial charge is 0.396 e. The highest BCUT2D eigenvalue weighted by Gasteiger charge is 2.40. The van der Waals surface area contributed by atoms with Gasteiger partial charge in [0.2, 0.25) is 0 Å². The molecule has 1 atom stereocenters. The van der Waals surface area contributed by atoms with Gasteiger partial charge in [0.1, 0.15) is 18.0 Å². The Balaban J connectivity index is 1.85. The van der Waals surface area contributed by atoms with Crippen molar-refractivity contribution in [2.24, 2.45) is 5.92 Å². The average molecular weight is 346 g/mol. The van der Waals surface area contributed by atoms with Gasteiger partial charge >= 0.3 is 0 Å². The zero-order chi connectivity index (χ0) is 12.0. The summed E-state index contributed by atoms with van der Waals surface area (Å²) >= 11 is 2.40. The van der Waals surface area contributed by atoms with Crippen molar-refractivity contribution < 1.29 is 5.11 Å². The zero-order valence-electron chi connectivity index (χ0n) is 9.38. The molecular weight excluding hydrogens is 331 g/mol. The summed E-state index contributed by atoms with van der Waals surface area (Å²) < 4.78 is 0.372. The molecule has 6 heteroatoms. The Morgan fingerprint density at radius 1 is 1.47 bits per heavy atom. The fourth-order valence-corrected chi connectivity index (χ4v) is 3.73. The number of hydrogen-bond acceptors (Lipinski definition) is 5. The van der Waals surface area contributed by atoms with Crippen LogP contribution < -0.4 is 10.6 Å². The molecule has 1 aromatic heterocycles. The van der Waals surface area contributed by atoms with Crippen LogP contribution in [0.25, 0.3) is 0 Å². The van der Waals surface area contributed by atoms with Crippen LogP contribution in [0.3, 0.4) is 0 Å². The normalized spacial score (nSPS) is 31.2. The van der Waals surface area contributed by atoms with E-state index in [4.69, 9.17) is 10.8 Å². The molecule has 1 aromatic rings. The predicted molar refractivity (Wildman–Crippen MR) is 74.1 cm³/mol. The molecule has 1 aliphatic heterocycles. The maximum Gasteiger partial charge on any atom is 0.138 e. The van der Waals surface area contributed by atoms with Gasteiger partial charge in [-0.15, -0.1) is 0 Å². The standard InChI is InChI=1S/C11H15IN4O/c12-8-3-16(7-1-6(2-7)4-17)11-9(8)10(13)14-5-15-11/h5-8,17H,1-4H2,(H2,13,14,15)/t6-,7-,8?. The molecule has 0 bridgehead atoms. The number of rotatable bonds is 2. The second-order valence-electron chi connectivity index (χ2n) is 4.79. The van der Waals surface area contributed by atoms with Crippen LogP contribution in [-0.2, 0) is 0 Å². The molecule has 3 N–H and O–H groups in total. The molecule has 2 aliphatic rings. The summed E-state index contributed by atoms with van der Waals surface area (Å²) in [6, 6.07) is 0.514. The van der Waals surface area contributed by atoms with Gasteiger partial charge in [0.05, 0.1) is 9.49 Å². The number of nitrogens with two attached hydrogens (primary N) is 1. The third-order valence-corrected chi connectivity index (χ3v) is 4.76.